The van der Waals surface area contributed by atoms with Crippen LogP contribution in [-0.2, 0) is 9.63 Å². The summed E-state index contributed by atoms with van der Waals surface area (Å²) in [4.78, 5) is 24.8. The molecular formula is C5H7N5O4S2. The topological polar surface area (TPSA) is 133 Å². The SMILES string of the molecule is Nc1nnc(SNC(=O)CCO[N+](=O)[O-])s1. The maximum Gasteiger partial charge on any atom is 0.294 e. The van der Waals surface area contributed by atoms with Gasteiger partial charge < -0.3 is 10.6 Å². The van der Waals surface area contributed by atoms with Crippen molar-refractivity contribution in [2.75, 3.05) is 12.3 Å². The highest BCUT2D eigenvalue weighted by molar-refractivity contribution is 7.99. The Hall–Kier alpha value is -1.62. The van der Waals surface area contributed by atoms with Gasteiger partial charge in [-0.25, -0.2) is 0 Å². The third kappa shape index (κ3) is 4.75. The van der Waals surface area contributed by atoms with Crippen molar-refractivity contribution in [3.8, 4) is 0 Å². The summed E-state index contributed by atoms with van der Waals surface area (Å²) in [5.74, 6) is -0.402. The van der Waals surface area contributed by atoms with Crippen molar-refractivity contribution in [3.63, 3.8) is 0 Å². The van der Waals surface area contributed by atoms with Gasteiger partial charge in [-0.2, -0.15) is 0 Å². The quantitative estimate of drug-likeness (QED) is 0.412. The summed E-state index contributed by atoms with van der Waals surface area (Å²) < 4.78 is 2.90. The number of carbonyl (C=O) groups is 1. The first-order valence-corrected chi connectivity index (χ1v) is 5.53. The molecule has 0 aromatic carbocycles. The highest BCUT2D eigenvalue weighted by Gasteiger charge is 2.06. The van der Waals surface area contributed by atoms with Crippen molar-refractivity contribution in [1.82, 2.24) is 14.9 Å². The van der Waals surface area contributed by atoms with Crippen LogP contribution in [0.2, 0.25) is 0 Å². The van der Waals surface area contributed by atoms with Gasteiger partial charge in [0.25, 0.3) is 5.09 Å². The standard InChI is InChI=1S/C5H7N5O4S2/c6-4-7-8-5(15-4)16-9-3(11)1-2-14-10(12)13/h1-2H2,(H2,6,7)(H,9,11). The van der Waals surface area contributed by atoms with E-state index in [0.29, 0.717) is 9.47 Å². The molecule has 0 saturated heterocycles. The molecule has 11 heteroatoms. The predicted molar refractivity (Wildman–Crippen MR) is 55.9 cm³/mol. The first-order chi connectivity index (χ1) is 7.58. The van der Waals surface area contributed by atoms with Crippen LogP contribution in [0.4, 0.5) is 5.13 Å². The summed E-state index contributed by atoms with van der Waals surface area (Å²) in [5, 5.41) is 16.3. The Morgan fingerprint density at radius 2 is 2.44 bits per heavy atom. The van der Waals surface area contributed by atoms with E-state index in [2.05, 4.69) is 19.8 Å². The van der Waals surface area contributed by atoms with E-state index in [-0.39, 0.29) is 13.0 Å². The number of nitrogens with zero attached hydrogens (tertiary/aromatic N) is 3. The Balaban J connectivity index is 2.17. The summed E-state index contributed by atoms with van der Waals surface area (Å²) in [6, 6.07) is 0. The van der Waals surface area contributed by atoms with Gasteiger partial charge >= 0.3 is 0 Å². The number of anilines is 1. The van der Waals surface area contributed by atoms with Crippen molar-refractivity contribution in [1.29, 1.82) is 0 Å². The minimum Gasteiger partial charge on any atom is -0.374 e. The molecule has 3 N–H and O–H groups in total. The summed E-state index contributed by atoms with van der Waals surface area (Å²) >= 11 is 2.07. The van der Waals surface area contributed by atoms with Gasteiger partial charge in [0.15, 0.2) is 4.34 Å². The average Bonchev–Trinajstić information content (AvgIpc) is 2.61. The van der Waals surface area contributed by atoms with Crippen LogP contribution in [-0.4, -0.2) is 27.8 Å². The fourth-order valence-electron chi connectivity index (χ4n) is 0.626. The Kier molecular flexibility index (Phi) is 4.72. The number of hydrogen-bond donors (Lipinski definition) is 2. The molecule has 0 spiro atoms. The summed E-state index contributed by atoms with van der Waals surface area (Å²) in [6.45, 7) is -0.280. The molecule has 0 unspecified atom stereocenters. The third-order valence-electron chi connectivity index (χ3n) is 1.20. The molecule has 1 aromatic heterocycles. The molecule has 1 heterocycles. The Bertz CT molecular complexity index is 383. The van der Waals surface area contributed by atoms with Crippen LogP contribution in [0, 0.1) is 10.1 Å². The largest absolute Gasteiger partial charge is 0.374 e. The zero-order chi connectivity index (χ0) is 12.0. The second-order valence-electron chi connectivity index (χ2n) is 2.34. The first kappa shape index (κ1) is 12.4. The number of aromatic nitrogens is 2. The van der Waals surface area contributed by atoms with Gasteiger partial charge in [-0.05, 0) is 0 Å². The molecule has 9 nitrogen and oxygen atoms in total. The van der Waals surface area contributed by atoms with E-state index in [1.807, 2.05) is 0 Å². The second kappa shape index (κ2) is 6.07. The van der Waals surface area contributed by atoms with Crippen LogP contribution in [0.25, 0.3) is 0 Å². The van der Waals surface area contributed by atoms with Crippen molar-refractivity contribution in [2.24, 2.45) is 0 Å². The molecule has 0 aliphatic carbocycles. The molecule has 0 atom stereocenters. The summed E-state index contributed by atoms with van der Waals surface area (Å²) in [5.41, 5.74) is 5.32. The van der Waals surface area contributed by atoms with Crippen LogP contribution in [0.1, 0.15) is 6.42 Å². The van der Waals surface area contributed by atoms with Crippen LogP contribution in [0.5, 0.6) is 0 Å². The molecule has 1 aromatic rings. The van der Waals surface area contributed by atoms with Gasteiger partial charge in [0, 0.05) is 11.9 Å². The number of hydrogen-bond acceptors (Lipinski definition) is 9. The maximum absolute atomic E-state index is 11.1. The minimum absolute atomic E-state index is 0.109. The molecule has 0 radical (unpaired) electrons. The van der Waals surface area contributed by atoms with E-state index in [4.69, 9.17) is 5.73 Å². The zero-order valence-corrected chi connectivity index (χ0v) is 9.42. The number of nitrogens with two attached hydrogens (primary N) is 1. The molecule has 0 fully saturated rings. The molecular weight excluding hydrogens is 258 g/mol. The fourth-order valence-corrected chi connectivity index (χ4v) is 1.90. The molecule has 1 amide bonds. The molecule has 16 heavy (non-hydrogen) atoms. The van der Waals surface area contributed by atoms with Gasteiger partial charge in [0.2, 0.25) is 11.0 Å². The normalized spacial score (nSPS) is 9.75. The van der Waals surface area contributed by atoms with Gasteiger partial charge in [-0.15, -0.1) is 20.3 Å². The van der Waals surface area contributed by atoms with E-state index < -0.39 is 11.0 Å². The second-order valence-corrected chi connectivity index (χ2v) is 4.40. The third-order valence-corrected chi connectivity index (χ3v) is 2.83. The Morgan fingerprint density at radius 3 is 3.00 bits per heavy atom. The molecule has 0 aliphatic heterocycles. The number of amides is 1. The van der Waals surface area contributed by atoms with E-state index in [1.165, 1.54) is 0 Å². The zero-order valence-electron chi connectivity index (χ0n) is 7.78. The Labute approximate surface area is 97.6 Å². The van der Waals surface area contributed by atoms with Crippen LogP contribution >= 0.6 is 23.3 Å². The average molecular weight is 265 g/mol. The lowest BCUT2D eigenvalue weighted by Crippen LogP contribution is -2.18. The summed E-state index contributed by atoms with van der Waals surface area (Å²) in [6.07, 6.45) is -0.109. The fraction of sp³-hybridized carbons (Fsp3) is 0.400. The molecule has 0 saturated carbocycles. The van der Waals surface area contributed by atoms with Gasteiger partial charge in [0.05, 0.1) is 6.42 Å². The van der Waals surface area contributed by atoms with E-state index in [1.54, 1.807) is 0 Å². The van der Waals surface area contributed by atoms with Crippen LogP contribution in [0.3, 0.4) is 0 Å². The van der Waals surface area contributed by atoms with Gasteiger partial charge in [-0.3, -0.25) is 9.52 Å². The Morgan fingerprint density at radius 1 is 1.69 bits per heavy atom. The monoisotopic (exact) mass is 265 g/mol. The molecule has 0 aliphatic rings. The number of nitrogen functional groups attached to an aromatic ring is 1. The first-order valence-electron chi connectivity index (χ1n) is 3.90. The van der Waals surface area contributed by atoms with Crippen LogP contribution in [0.15, 0.2) is 4.34 Å². The number of rotatable bonds is 6. The maximum atomic E-state index is 11.1. The van der Waals surface area contributed by atoms with E-state index in [9.17, 15) is 14.9 Å². The highest BCUT2D eigenvalue weighted by atomic mass is 32.2. The minimum atomic E-state index is -0.953. The number of carbonyl (C=O) groups excluding carboxylic acids is 1. The lowest BCUT2D eigenvalue weighted by Gasteiger charge is -2.00. The smallest absolute Gasteiger partial charge is 0.294 e. The van der Waals surface area contributed by atoms with Crippen molar-refractivity contribution < 1.29 is 14.7 Å². The van der Waals surface area contributed by atoms with Crippen LogP contribution < -0.4 is 10.5 Å². The molecule has 1 rings (SSSR count). The van der Waals surface area contributed by atoms with E-state index in [0.717, 1.165) is 23.3 Å². The van der Waals surface area contributed by atoms with Gasteiger partial charge in [-0.1, -0.05) is 11.3 Å². The predicted octanol–water partition coefficient (Wildman–Crippen LogP) is -0.158. The lowest BCUT2D eigenvalue weighted by atomic mass is 10.4. The van der Waals surface area contributed by atoms with Crippen molar-refractivity contribution in [2.45, 2.75) is 10.8 Å². The van der Waals surface area contributed by atoms with Crippen molar-refractivity contribution >= 4 is 34.3 Å². The molecule has 88 valence electrons. The molecule has 0 bridgehead atoms. The highest BCUT2D eigenvalue weighted by Crippen LogP contribution is 2.20. The number of nitrogens with one attached hydrogen (secondary N) is 1. The van der Waals surface area contributed by atoms with E-state index >= 15 is 0 Å². The van der Waals surface area contributed by atoms with Crippen molar-refractivity contribution in [3.05, 3.63) is 10.1 Å². The lowest BCUT2D eigenvalue weighted by molar-refractivity contribution is -0.757. The van der Waals surface area contributed by atoms with Gasteiger partial charge in [0.1, 0.15) is 6.61 Å². The summed E-state index contributed by atoms with van der Waals surface area (Å²) in [7, 11) is 0.